The molecule has 303 valence electrons. The monoisotopic (exact) mass is 1010 g/mol. The normalized spacial score (nSPS) is 12.6. The summed E-state index contributed by atoms with van der Waals surface area (Å²) in [5.74, 6) is 0.632. The Morgan fingerprint density at radius 3 is 2.23 bits per heavy atom. The van der Waals surface area contributed by atoms with Gasteiger partial charge in [-0.15, -0.1) is 54.1 Å². The number of thiophene rings is 1. The van der Waals surface area contributed by atoms with Crippen LogP contribution in [0.5, 0.6) is 0 Å². The number of aromatic nitrogens is 4. The molecule has 0 N–H and O–H groups in total. The molecule has 0 bridgehead atoms. The molecule has 4 heterocycles. The zero-order valence-electron chi connectivity index (χ0n) is 36.8. The van der Waals surface area contributed by atoms with Crippen LogP contribution in [-0.2, 0) is 26.5 Å². The molecule has 0 saturated heterocycles. The summed E-state index contributed by atoms with van der Waals surface area (Å²) in [6, 6.07) is 62.1. The summed E-state index contributed by atoms with van der Waals surface area (Å²) in [5.41, 5.74) is 10.9. The van der Waals surface area contributed by atoms with Gasteiger partial charge in [0.15, 0.2) is 0 Å². The number of benzene rings is 6. The van der Waals surface area contributed by atoms with E-state index in [9.17, 15) is 0 Å². The molecule has 7 heteroatoms. The van der Waals surface area contributed by atoms with Crippen molar-refractivity contribution >= 4 is 55.9 Å². The second-order valence-corrected chi connectivity index (χ2v) is 22.1. The van der Waals surface area contributed by atoms with Gasteiger partial charge in [-0.3, -0.25) is 4.98 Å². The van der Waals surface area contributed by atoms with Gasteiger partial charge < -0.3 is 9.55 Å². The zero-order chi connectivity index (χ0) is 43.0. The van der Waals surface area contributed by atoms with Crippen LogP contribution in [0.3, 0.4) is 0 Å². The molecule has 0 aliphatic heterocycles. The van der Waals surface area contributed by atoms with E-state index in [2.05, 4.69) is 132 Å². The number of aryl methyl sites for hydroxylation is 1. The van der Waals surface area contributed by atoms with E-state index in [-0.39, 0.29) is 26.0 Å². The number of para-hydroxylation sites is 3. The molecule has 0 aliphatic rings. The van der Waals surface area contributed by atoms with Gasteiger partial charge >= 0.3 is 0 Å². The van der Waals surface area contributed by atoms with Gasteiger partial charge in [0.1, 0.15) is 4.83 Å². The third kappa shape index (κ3) is 8.70. The first-order valence-electron chi connectivity index (χ1n) is 21.4. The van der Waals surface area contributed by atoms with Gasteiger partial charge in [-0.2, -0.15) is 11.3 Å². The number of rotatable bonds is 8. The largest absolute Gasteiger partial charge is 0.333 e. The average Bonchev–Trinajstić information content (AvgIpc) is 3.87. The van der Waals surface area contributed by atoms with E-state index in [1.54, 1.807) is 11.3 Å². The van der Waals surface area contributed by atoms with Crippen molar-refractivity contribution in [1.29, 1.82) is 0 Å². The van der Waals surface area contributed by atoms with Crippen molar-refractivity contribution in [3.8, 4) is 39.5 Å². The van der Waals surface area contributed by atoms with Crippen molar-refractivity contribution in [3.63, 3.8) is 0 Å². The smallest absolute Gasteiger partial charge is 0.113 e. The van der Waals surface area contributed by atoms with Crippen LogP contribution in [0.25, 0.3) is 70.8 Å². The standard InChI is InChI=1S/C31H20N3S.C23H26NSi.Ir/c1-20-18-19-24-23-13-9-14-25(29(23)35-31(24)32-20)30-33-26-15-6-8-17-28(26)34(30)27-16-7-5-12-22(27)21-10-3-2-4-11-21;1-18(19-11-7-5-8-12-19)15-21-16-22(20-13-9-6-10-14-20)24-17-23(21)25(2,3)4;/h2-13,15-19H,1H3;5-13,16-18H,15H2,1-4H3;/q2*-1;/i;15D2;. The van der Waals surface area contributed by atoms with Gasteiger partial charge in [-0.25, -0.2) is 4.98 Å². The van der Waals surface area contributed by atoms with Crippen molar-refractivity contribution in [2.24, 2.45) is 0 Å². The molecule has 1 unspecified atom stereocenters. The van der Waals surface area contributed by atoms with E-state index in [0.717, 1.165) is 70.9 Å². The third-order valence-electron chi connectivity index (χ3n) is 10.8. The minimum absolute atomic E-state index is 0. The maximum absolute atomic E-state index is 9.04. The molecule has 4 aromatic heterocycles. The summed E-state index contributed by atoms with van der Waals surface area (Å²) in [6.45, 7) is 10.7. The predicted molar refractivity (Wildman–Crippen MR) is 256 cm³/mol. The van der Waals surface area contributed by atoms with Gasteiger partial charge in [0.2, 0.25) is 0 Å². The van der Waals surface area contributed by atoms with Gasteiger partial charge in [0.25, 0.3) is 0 Å². The number of pyridine rings is 2. The van der Waals surface area contributed by atoms with Crippen LogP contribution < -0.4 is 5.19 Å². The van der Waals surface area contributed by atoms with E-state index in [1.807, 2.05) is 92.8 Å². The zero-order valence-corrected chi connectivity index (χ0v) is 39.0. The fourth-order valence-corrected chi connectivity index (χ4v) is 10.4. The molecule has 4 nitrogen and oxygen atoms in total. The molecule has 0 aliphatic carbocycles. The minimum atomic E-state index is -1.77. The summed E-state index contributed by atoms with van der Waals surface area (Å²) in [6.07, 6.45) is 0.400. The molecule has 10 rings (SSSR count). The van der Waals surface area contributed by atoms with Gasteiger partial charge in [0.05, 0.1) is 24.9 Å². The van der Waals surface area contributed by atoms with E-state index in [1.165, 1.54) is 21.9 Å². The van der Waals surface area contributed by atoms with Gasteiger partial charge in [-0.05, 0) is 75.6 Å². The van der Waals surface area contributed by atoms with Crippen LogP contribution in [0, 0.1) is 19.1 Å². The summed E-state index contributed by atoms with van der Waals surface area (Å²) in [5, 5.41) is 3.45. The second kappa shape index (κ2) is 18.0. The topological polar surface area (TPSA) is 43.6 Å². The van der Waals surface area contributed by atoms with Crippen molar-refractivity contribution in [2.45, 2.75) is 45.8 Å². The Labute approximate surface area is 380 Å². The Kier molecular flexibility index (Phi) is 11.6. The maximum atomic E-state index is 9.04. The molecule has 0 fully saturated rings. The Hall–Kier alpha value is -5.82. The fraction of sp³-hybridized carbons (Fsp3) is 0.130. The summed E-state index contributed by atoms with van der Waals surface area (Å²) >= 11 is 1.72. The van der Waals surface area contributed by atoms with Crippen molar-refractivity contribution < 1.29 is 22.8 Å². The molecule has 0 saturated carbocycles. The Morgan fingerprint density at radius 1 is 0.738 bits per heavy atom. The van der Waals surface area contributed by atoms with Crippen LogP contribution in [0.15, 0.2) is 170 Å². The van der Waals surface area contributed by atoms with Crippen LogP contribution in [0.1, 0.15) is 32.4 Å². The van der Waals surface area contributed by atoms with E-state index >= 15 is 0 Å². The fourth-order valence-electron chi connectivity index (χ4n) is 7.78. The Bertz CT molecular complexity index is 3180. The first-order chi connectivity index (χ1) is 30.0. The molecule has 0 spiro atoms. The molecule has 1 atom stereocenters. The minimum Gasteiger partial charge on any atom is -0.333 e. The summed E-state index contributed by atoms with van der Waals surface area (Å²) < 4.78 is 21.5. The van der Waals surface area contributed by atoms with Crippen LogP contribution >= 0.6 is 11.3 Å². The number of nitrogens with zero attached hydrogens (tertiary/aromatic N) is 4. The van der Waals surface area contributed by atoms with Crippen molar-refractivity contribution in [2.75, 3.05) is 0 Å². The molecule has 1 radical (unpaired) electrons. The van der Waals surface area contributed by atoms with E-state index in [0.29, 0.717) is 0 Å². The summed E-state index contributed by atoms with van der Waals surface area (Å²) in [4.78, 5) is 15.7. The number of fused-ring (bicyclic) bond motifs is 4. The molecular weight excluding hydrogens is 957 g/mol. The van der Waals surface area contributed by atoms with Crippen LogP contribution in [0.4, 0.5) is 0 Å². The molecule has 10 aromatic rings. The first kappa shape index (κ1) is 39.3. The van der Waals surface area contributed by atoms with E-state index < -0.39 is 14.4 Å². The van der Waals surface area contributed by atoms with Gasteiger partial charge in [-0.1, -0.05) is 146 Å². The molecular formula is C54H46IrN4SSi-2. The molecule has 61 heavy (non-hydrogen) atoms. The van der Waals surface area contributed by atoms with E-state index in [4.69, 9.17) is 12.7 Å². The number of imidazole rings is 1. The van der Waals surface area contributed by atoms with Gasteiger partial charge in [0, 0.05) is 46.0 Å². The first-order valence-corrected chi connectivity index (χ1v) is 24.7. The van der Waals surface area contributed by atoms with Crippen molar-refractivity contribution in [3.05, 3.63) is 199 Å². The number of hydrogen-bond donors (Lipinski definition) is 0. The second-order valence-electron chi connectivity index (χ2n) is 16.1. The Morgan fingerprint density at radius 2 is 1.46 bits per heavy atom. The van der Waals surface area contributed by atoms with Crippen LogP contribution in [0.2, 0.25) is 19.6 Å². The SMILES string of the molecule is Cc1ccc2c(n1)sc1c(-c3nc4ccccc4n3-c3ccccc3-c3ccccc3)[c-]ccc12.[2H]C([2H])(c1cc(-c2[c-]cccc2)ncc1[Si](C)(C)C)C(C)c1ccccc1.[Ir]. The van der Waals surface area contributed by atoms with Crippen LogP contribution in [-0.4, -0.2) is 27.6 Å². The third-order valence-corrected chi connectivity index (χ3v) is 14.0. The molecule has 6 aromatic carbocycles. The number of hydrogen-bond acceptors (Lipinski definition) is 4. The maximum Gasteiger partial charge on any atom is 0.113 e. The predicted octanol–water partition coefficient (Wildman–Crippen LogP) is 13.7. The van der Waals surface area contributed by atoms with Crippen molar-refractivity contribution in [1.82, 2.24) is 19.5 Å². The molecule has 0 amide bonds. The average molecular weight is 1010 g/mol. The summed E-state index contributed by atoms with van der Waals surface area (Å²) in [7, 11) is -1.77. The Balaban J connectivity index is 0.000000177. The quantitative estimate of drug-likeness (QED) is 0.113.